The van der Waals surface area contributed by atoms with Gasteiger partial charge < -0.3 is 0 Å². The third-order valence-electron chi connectivity index (χ3n) is 9.08. The van der Waals surface area contributed by atoms with Crippen LogP contribution >= 0.6 is 0 Å². The molecule has 256 valence electrons. The van der Waals surface area contributed by atoms with Gasteiger partial charge in [-0.25, -0.2) is 20.0 Å². The topological polar surface area (TPSA) is 74.2 Å². The van der Waals surface area contributed by atoms with Crippen molar-refractivity contribution in [2.45, 2.75) is 32.7 Å². The summed E-state index contributed by atoms with van der Waals surface area (Å²) in [7, 11) is 0. The second-order valence-electron chi connectivity index (χ2n) is 12.8. The molecule has 0 saturated carbocycles. The summed E-state index contributed by atoms with van der Waals surface area (Å²) in [4.78, 5) is 28.0. The monoisotopic (exact) mass is 678 g/mol. The maximum atomic E-state index is 5.00. The molecule has 0 aliphatic rings. The van der Waals surface area contributed by atoms with Gasteiger partial charge in [0.05, 0.1) is 6.54 Å². The average Bonchev–Trinajstić information content (AvgIpc) is 3.20. The van der Waals surface area contributed by atoms with E-state index < -0.39 is 0 Å². The van der Waals surface area contributed by atoms with Crippen LogP contribution < -0.4 is 0 Å². The summed E-state index contributed by atoms with van der Waals surface area (Å²) in [6, 6.07) is 51.4. The fraction of sp³-hybridized carbons (Fsp3) is 0.130. The van der Waals surface area contributed by atoms with Gasteiger partial charge in [0.2, 0.25) is 0 Å². The van der Waals surface area contributed by atoms with E-state index >= 15 is 0 Å². The molecule has 0 aromatic heterocycles. The van der Waals surface area contributed by atoms with Crippen molar-refractivity contribution in [1.29, 1.82) is 0 Å². The molecule has 0 fully saturated rings. The highest BCUT2D eigenvalue weighted by atomic mass is 15.0. The normalized spacial score (nSPS) is 12.9. The van der Waals surface area contributed by atoms with Crippen LogP contribution in [-0.2, 0) is 12.0 Å². The number of hydrogen-bond acceptors (Lipinski definition) is 2. The zero-order valence-corrected chi connectivity index (χ0v) is 29.9. The summed E-state index contributed by atoms with van der Waals surface area (Å²) in [5.41, 5.74) is 6.89. The van der Waals surface area contributed by atoms with Crippen molar-refractivity contribution in [3.8, 4) is 0 Å². The van der Waals surface area contributed by atoms with Gasteiger partial charge in [0, 0.05) is 34.2 Å². The maximum absolute atomic E-state index is 5.00. The van der Waals surface area contributed by atoms with Crippen LogP contribution in [0.3, 0.4) is 0 Å². The zero-order chi connectivity index (χ0) is 36.3. The van der Waals surface area contributed by atoms with Crippen molar-refractivity contribution in [1.82, 2.24) is 0 Å². The molecule has 0 heterocycles. The van der Waals surface area contributed by atoms with Crippen LogP contribution in [0.4, 0.5) is 0 Å². The average molecular weight is 679 g/mol. The molecule has 0 saturated heterocycles. The minimum absolute atomic E-state index is 0.244. The smallest absolute Gasteiger partial charge is 0.161 e. The van der Waals surface area contributed by atoms with E-state index in [9.17, 15) is 0 Å². The summed E-state index contributed by atoms with van der Waals surface area (Å²) in [5, 5.41) is 2.19. The van der Waals surface area contributed by atoms with Gasteiger partial charge in [-0.3, -0.25) is 9.98 Å². The second-order valence-corrected chi connectivity index (χ2v) is 12.8. The van der Waals surface area contributed by atoms with E-state index in [1.165, 1.54) is 11.1 Å². The van der Waals surface area contributed by atoms with Gasteiger partial charge in [-0.1, -0.05) is 166 Å². The lowest BCUT2D eigenvalue weighted by Gasteiger charge is -2.26. The zero-order valence-electron chi connectivity index (χ0n) is 29.9. The van der Waals surface area contributed by atoms with E-state index in [4.69, 9.17) is 15.0 Å². The summed E-state index contributed by atoms with van der Waals surface area (Å²) >= 11 is 0. The van der Waals surface area contributed by atoms with Gasteiger partial charge in [0.1, 0.15) is 0 Å². The van der Waals surface area contributed by atoms with E-state index in [1.807, 2.05) is 91.9 Å². The van der Waals surface area contributed by atoms with Crippen molar-refractivity contribution in [3.63, 3.8) is 0 Å². The highest BCUT2D eigenvalue weighted by Crippen LogP contribution is 2.32. The summed E-state index contributed by atoms with van der Waals surface area (Å²) in [6.07, 6.45) is 0. The molecular formula is C46H42N6. The van der Waals surface area contributed by atoms with Crippen LogP contribution in [0, 0.1) is 0 Å². The number of rotatable bonds is 9. The van der Waals surface area contributed by atoms with Crippen LogP contribution in [-0.4, -0.2) is 43.3 Å². The van der Waals surface area contributed by atoms with E-state index in [1.54, 1.807) is 0 Å². The molecule has 6 aromatic carbocycles. The SMILES string of the molecule is C=NC(=NC(=NCC)c1ccc(C(C)(C)c2ccc(CN=C(N=C(N=C)c3cccc4ccccc34)c3ccccc3)cc2)cc1)c1ccccc1. The lowest BCUT2D eigenvalue weighted by atomic mass is 9.78. The Bertz CT molecular complexity index is 2270. The standard InChI is InChI=1S/C46H42N6/c1-6-49-43(51-42(47-4)35-17-9-7-10-18-35)37-26-30-39(31-27-37)46(2,3)38-28-24-33(25-29-38)32-50-44(36-19-11-8-12-20-36)52-45(48-5)41-23-15-21-34-16-13-14-22-40(34)41/h7-31H,4-6,32H2,1-3H3. The molecular weight excluding hydrogens is 637 g/mol. The van der Waals surface area contributed by atoms with Gasteiger partial charge >= 0.3 is 0 Å². The minimum atomic E-state index is -0.244. The molecule has 0 unspecified atom stereocenters. The second kappa shape index (κ2) is 16.5. The van der Waals surface area contributed by atoms with Crippen LogP contribution in [0.5, 0.6) is 0 Å². The van der Waals surface area contributed by atoms with Gasteiger partial charge in [-0.15, -0.1) is 0 Å². The van der Waals surface area contributed by atoms with Crippen molar-refractivity contribution in [3.05, 3.63) is 191 Å². The van der Waals surface area contributed by atoms with Crippen LogP contribution in [0.25, 0.3) is 10.8 Å². The maximum Gasteiger partial charge on any atom is 0.161 e. The molecule has 6 nitrogen and oxygen atoms in total. The van der Waals surface area contributed by atoms with Crippen molar-refractivity contribution < 1.29 is 0 Å². The lowest BCUT2D eigenvalue weighted by molar-refractivity contribution is 0.640. The van der Waals surface area contributed by atoms with E-state index in [2.05, 4.69) is 109 Å². The lowest BCUT2D eigenvalue weighted by Crippen LogP contribution is -2.19. The quantitative estimate of drug-likeness (QED) is 0.108. The van der Waals surface area contributed by atoms with Crippen molar-refractivity contribution in [2.75, 3.05) is 6.54 Å². The molecule has 6 heteroatoms. The Labute approximate surface area is 306 Å². The van der Waals surface area contributed by atoms with Crippen LogP contribution in [0.2, 0.25) is 0 Å². The number of amidine groups is 4. The minimum Gasteiger partial charge on any atom is -0.266 e. The van der Waals surface area contributed by atoms with Crippen molar-refractivity contribution in [2.24, 2.45) is 30.0 Å². The molecule has 0 radical (unpaired) electrons. The Morgan fingerprint density at radius 1 is 0.500 bits per heavy atom. The fourth-order valence-electron chi connectivity index (χ4n) is 6.10. The molecule has 0 aliphatic carbocycles. The fourth-order valence-corrected chi connectivity index (χ4v) is 6.10. The first-order valence-corrected chi connectivity index (χ1v) is 17.4. The molecule has 0 aliphatic heterocycles. The number of benzene rings is 6. The molecule has 0 N–H and O–H groups in total. The Morgan fingerprint density at radius 2 is 1.00 bits per heavy atom. The molecule has 0 spiro atoms. The number of nitrogens with zero attached hydrogens (tertiary/aromatic N) is 6. The molecule has 6 aromatic rings. The third kappa shape index (κ3) is 8.14. The number of fused-ring (bicyclic) bond motifs is 1. The highest BCUT2D eigenvalue weighted by Gasteiger charge is 2.23. The van der Waals surface area contributed by atoms with E-state index in [0.717, 1.165) is 38.6 Å². The predicted molar refractivity (Wildman–Crippen MR) is 221 cm³/mol. The predicted octanol–water partition coefficient (Wildman–Crippen LogP) is 10.2. The first-order valence-electron chi connectivity index (χ1n) is 17.4. The Kier molecular flexibility index (Phi) is 11.3. The summed E-state index contributed by atoms with van der Waals surface area (Å²) in [6.45, 7) is 15.2. The molecule has 0 amide bonds. The highest BCUT2D eigenvalue weighted by molar-refractivity contribution is 6.17. The Balaban J connectivity index is 1.24. The summed E-state index contributed by atoms with van der Waals surface area (Å²) in [5.74, 6) is 2.33. The molecule has 6 rings (SSSR count). The Morgan fingerprint density at radius 3 is 1.62 bits per heavy atom. The number of hydrogen-bond donors (Lipinski definition) is 0. The molecule has 0 atom stereocenters. The first-order chi connectivity index (χ1) is 25.4. The van der Waals surface area contributed by atoms with E-state index in [0.29, 0.717) is 36.4 Å². The van der Waals surface area contributed by atoms with Gasteiger partial charge in [-0.2, -0.15) is 0 Å². The van der Waals surface area contributed by atoms with Crippen LogP contribution in [0.15, 0.2) is 182 Å². The van der Waals surface area contributed by atoms with Crippen molar-refractivity contribution >= 4 is 47.5 Å². The largest absolute Gasteiger partial charge is 0.266 e. The molecule has 0 bridgehead atoms. The summed E-state index contributed by atoms with van der Waals surface area (Å²) < 4.78 is 0. The van der Waals surface area contributed by atoms with Crippen LogP contribution in [0.1, 0.15) is 59.7 Å². The van der Waals surface area contributed by atoms with Gasteiger partial charge in [-0.05, 0) is 47.8 Å². The van der Waals surface area contributed by atoms with E-state index in [-0.39, 0.29) is 5.41 Å². The Hall–Kier alpha value is -6.40. The first kappa shape index (κ1) is 35.4. The number of aliphatic imine (C=N–C) groups is 6. The van der Waals surface area contributed by atoms with Gasteiger partial charge in [0.25, 0.3) is 0 Å². The third-order valence-corrected chi connectivity index (χ3v) is 9.08. The van der Waals surface area contributed by atoms with Gasteiger partial charge in [0.15, 0.2) is 23.3 Å². The molecule has 52 heavy (non-hydrogen) atoms.